The average molecular weight is 255 g/mol. The van der Waals surface area contributed by atoms with Crippen LogP contribution in [0.3, 0.4) is 0 Å². The Kier molecular flexibility index (Phi) is 4.40. The zero-order valence-electron chi connectivity index (χ0n) is 8.76. The number of sulfonamides is 1. The molecule has 1 unspecified atom stereocenters. The van der Waals surface area contributed by atoms with Crippen LogP contribution in [0.15, 0.2) is 0 Å². The molecule has 0 aromatic rings. The minimum atomic E-state index is -2.96. The standard InChI is InChI=1S/C9H18N2O2S.ClH/c10-5-9-3-4-11(6-9)14(12,13)7-8-1-2-8;/h8-9H,1-7,10H2;1H. The molecular weight excluding hydrogens is 236 g/mol. The molecule has 6 heteroatoms. The highest BCUT2D eigenvalue weighted by molar-refractivity contribution is 7.89. The summed E-state index contributed by atoms with van der Waals surface area (Å²) < 4.78 is 25.3. The first kappa shape index (κ1) is 13.2. The Morgan fingerprint density at radius 2 is 1.87 bits per heavy atom. The molecule has 1 saturated heterocycles. The molecule has 1 saturated carbocycles. The first-order valence-corrected chi connectivity index (χ1v) is 6.90. The van der Waals surface area contributed by atoms with E-state index in [0.717, 1.165) is 19.3 Å². The van der Waals surface area contributed by atoms with Gasteiger partial charge in [0, 0.05) is 13.1 Å². The number of hydrogen-bond acceptors (Lipinski definition) is 3. The summed E-state index contributed by atoms with van der Waals surface area (Å²) in [5.74, 6) is 1.19. The van der Waals surface area contributed by atoms with Crippen molar-refractivity contribution in [1.82, 2.24) is 4.31 Å². The Morgan fingerprint density at radius 3 is 2.33 bits per heavy atom. The maximum atomic E-state index is 11.8. The van der Waals surface area contributed by atoms with Crippen LogP contribution in [0.1, 0.15) is 19.3 Å². The summed E-state index contributed by atoms with van der Waals surface area (Å²) in [6.45, 7) is 1.93. The zero-order chi connectivity index (χ0) is 10.2. The Morgan fingerprint density at radius 1 is 1.20 bits per heavy atom. The lowest BCUT2D eigenvalue weighted by molar-refractivity contribution is 0.457. The number of nitrogens with two attached hydrogens (primary N) is 1. The van der Waals surface area contributed by atoms with E-state index in [1.54, 1.807) is 4.31 Å². The molecular formula is C9H19ClN2O2S. The van der Waals surface area contributed by atoms with E-state index in [9.17, 15) is 8.42 Å². The van der Waals surface area contributed by atoms with Crippen LogP contribution >= 0.6 is 12.4 Å². The molecule has 0 spiro atoms. The van der Waals surface area contributed by atoms with Gasteiger partial charge in [-0.25, -0.2) is 12.7 Å². The van der Waals surface area contributed by atoms with E-state index in [-0.39, 0.29) is 12.4 Å². The molecule has 2 aliphatic rings. The Labute approximate surface area is 97.7 Å². The van der Waals surface area contributed by atoms with Gasteiger partial charge in [0.1, 0.15) is 0 Å². The Balaban J connectivity index is 0.00000112. The molecule has 0 radical (unpaired) electrons. The lowest BCUT2D eigenvalue weighted by Gasteiger charge is -2.15. The molecule has 0 bridgehead atoms. The van der Waals surface area contributed by atoms with Crippen LogP contribution in [0.25, 0.3) is 0 Å². The van der Waals surface area contributed by atoms with Crippen molar-refractivity contribution in [3.05, 3.63) is 0 Å². The molecule has 15 heavy (non-hydrogen) atoms. The third kappa shape index (κ3) is 3.31. The van der Waals surface area contributed by atoms with Crippen LogP contribution in [0.5, 0.6) is 0 Å². The summed E-state index contributed by atoms with van der Waals surface area (Å²) in [5, 5.41) is 0. The van der Waals surface area contributed by atoms with Gasteiger partial charge in [0.25, 0.3) is 0 Å². The topological polar surface area (TPSA) is 63.4 Å². The minimum absolute atomic E-state index is 0. The van der Waals surface area contributed by atoms with Crippen molar-refractivity contribution < 1.29 is 8.42 Å². The number of hydrogen-bond donors (Lipinski definition) is 1. The normalized spacial score (nSPS) is 27.7. The van der Waals surface area contributed by atoms with E-state index in [4.69, 9.17) is 5.73 Å². The van der Waals surface area contributed by atoms with Gasteiger partial charge in [0.05, 0.1) is 5.75 Å². The third-order valence-corrected chi connectivity index (χ3v) is 5.13. The molecule has 0 amide bonds. The van der Waals surface area contributed by atoms with Crippen molar-refractivity contribution in [2.45, 2.75) is 19.3 Å². The maximum absolute atomic E-state index is 11.8. The van der Waals surface area contributed by atoms with Gasteiger partial charge in [-0.15, -0.1) is 12.4 Å². The van der Waals surface area contributed by atoms with Crippen LogP contribution in [0.2, 0.25) is 0 Å². The predicted molar refractivity (Wildman–Crippen MR) is 62.5 cm³/mol. The quantitative estimate of drug-likeness (QED) is 0.791. The molecule has 1 atom stereocenters. The lowest BCUT2D eigenvalue weighted by atomic mass is 10.1. The first-order chi connectivity index (χ1) is 6.62. The number of halogens is 1. The monoisotopic (exact) mass is 254 g/mol. The highest BCUT2D eigenvalue weighted by Crippen LogP contribution is 2.32. The molecule has 2 fully saturated rings. The fraction of sp³-hybridized carbons (Fsp3) is 1.00. The molecule has 1 aliphatic carbocycles. The summed E-state index contributed by atoms with van der Waals surface area (Å²) in [7, 11) is -2.96. The van der Waals surface area contributed by atoms with Gasteiger partial charge >= 0.3 is 0 Å². The second kappa shape index (κ2) is 4.99. The summed E-state index contributed by atoms with van der Waals surface area (Å²) in [6, 6.07) is 0. The van der Waals surface area contributed by atoms with E-state index in [2.05, 4.69) is 0 Å². The minimum Gasteiger partial charge on any atom is -0.330 e. The summed E-state index contributed by atoms with van der Waals surface area (Å²) >= 11 is 0. The second-order valence-electron chi connectivity index (χ2n) is 4.47. The maximum Gasteiger partial charge on any atom is 0.214 e. The Bertz CT molecular complexity index is 303. The largest absolute Gasteiger partial charge is 0.330 e. The summed E-state index contributed by atoms with van der Waals surface area (Å²) in [6.07, 6.45) is 3.11. The van der Waals surface area contributed by atoms with Crippen LogP contribution < -0.4 is 5.73 Å². The molecule has 1 aliphatic heterocycles. The van der Waals surface area contributed by atoms with Gasteiger partial charge in [0.15, 0.2) is 0 Å². The summed E-state index contributed by atoms with van der Waals surface area (Å²) in [5.41, 5.74) is 5.53. The number of rotatable bonds is 4. The van der Waals surface area contributed by atoms with E-state index >= 15 is 0 Å². The number of nitrogens with zero attached hydrogens (tertiary/aromatic N) is 1. The highest BCUT2D eigenvalue weighted by atomic mass is 35.5. The Hall–Kier alpha value is 0.160. The van der Waals surface area contributed by atoms with Crippen molar-refractivity contribution in [3.8, 4) is 0 Å². The highest BCUT2D eigenvalue weighted by Gasteiger charge is 2.35. The molecule has 4 nitrogen and oxygen atoms in total. The van der Waals surface area contributed by atoms with Gasteiger partial charge in [-0.3, -0.25) is 0 Å². The fourth-order valence-corrected chi connectivity index (χ4v) is 3.89. The summed E-state index contributed by atoms with van der Waals surface area (Å²) in [4.78, 5) is 0. The van der Waals surface area contributed by atoms with E-state index < -0.39 is 10.0 Å². The fourth-order valence-electron chi connectivity index (χ4n) is 1.93. The second-order valence-corrected chi connectivity index (χ2v) is 6.48. The smallest absolute Gasteiger partial charge is 0.214 e. The van der Waals surface area contributed by atoms with Crippen LogP contribution in [0.4, 0.5) is 0 Å². The average Bonchev–Trinajstić information content (AvgIpc) is 2.81. The third-order valence-electron chi connectivity index (χ3n) is 3.12. The molecule has 1 heterocycles. The van der Waals surface area contributed by atoms with E-state index in [1.807, 2.05) is 0 Å². The SMILES string of the molecule is Cl.NCC1CCN(S(=O)(=O)CC2CC2)C1. The van der Waals surface area contributed by atoms with Crippen molar-refractivity contribution >= 4 is 22.4 Å². The van der Waals surface area contributed by atoms with Gasteiger partial charge in [-0.2, -0.15) is 0 Å². The van der Waals surface area contributed by atoms with Gasteiger partial charge in [-0.1, -0.05) is 0 Å². The van der Waals surface area contributed by atoms with Crippen molar-refractivity contribution in [2.75, 3.05) is 25.4 Å². The van der Waals surface area contributed by atoms with Crippen LogP contribution in [-0.2, 0) is 10.0 Å². The van der Waals surface area contributed by atoms with Crippen LogP contribution in [-0.4, -0.2) is 38.1 Å². The van der Waals surface area contributed by atoms with Crippen molar-refractivity contribution in [2.24, 2.45) is 17.6 Å². The lowest BCUT2D eigenvalue weighted by Crippen LogP contribution is -2.32. The molecule has 2 rings (SSSR count). The zero-order valence-corrected chi connectivity index (χ0v) is 10.4. The molecule has 2 N–H and O–H groups in total. The predicted octanol–water partition coefficient (Wildman–Crippen LogP) is 0.429. The molecule has 90 valence electrons. The van der Waals surface area contributed by atoms with Gasteiger partial charge in [-0.05, 0) is 37.6 Å². The van der Waals surface area contributed by atoms with Crippen molar-refractivity contribution in [3.63, 3.8) is 0 Å². The van der Waals surface area contributed by atoms with Crippen molar-refractivity contribution in [1.29, 1.82) is 0 Å². The van der Waals surface area contributed by atoms with E-state index in [1.165, 1.54) is 0 Å². The van der Waals surface area contributed by atoms with E-state index in [0.29, 0.717) is 37.2 Å². The first-order valence-electron chi connectivity index (χ1n) is 5.29. The van der Waals surface area contributed by atoms with Gasteiger partial charge in [0.2, 0.25) is 10.0 Å². The van der Waals surface area contributed by atoms with Gasteiger partial charge < -0.3 is 5.73 Å². The molecule has 0 aromatic heterocycles. The van der Waals surface area contributed by atoms with Crippen LogP contribution in [0, 0.1) is 11.8 Å². The molecule has 0 aromatic carbocycles.